The third kappa shape index (κ3) is 3.94. The zero-order chi connectivity index (χ0) is 16.2. The van der Waals surface area contributed by atoms with Gasteiger partial charge in [-0.1, -0.05) is 36.4 Å². The molecule has 1 saturated carbocycles. The lowest BCUT2D eigenvalue weighted by atomic mass is 10.1. The maximum atomic E-state index is 12.3. The molecule has 2 aromatic rings. The Bertz CT molecular complexity index is 711. The lowest BCUT2D eigenvalue weighted by molar-refractivity contribution is 0.0933. The quantitative estimate of drug-likeness (QED) is 0.891. The molecular formula is C18H19N3O2. The largest absolute Gasteiger partial charge is 0.348 e. The van der Waals surface area contributed by atoms with E-state index in [1.165, 1.54) is 0 Å². The highest BCUT2D eigenvalue weighted by Crippen LogP contribution is 2.19. The summed E-state index contributed by atoms with van der Waals surface area (Å²) in [6.07, 6.45) is 2.03. The van der Waals surface area contributed by atoms with Crippen molar-refractivity contribution in [3.63, 3.8) is 0 Å². The third-order valence-electron chi connectivity index (χ3n) is 3.77. The van der Waals surface area contributed by atoms with Gasteiger partial charge in [-0.25, -0.2) is 4.98 Å². The second-order valence-corrected chi connectivity index (χ2v) is 5.76. The van der Waals surface area contributed by atoms with E-state index < -0.39 is 0 Å². The Balaban J connectivity index is 1.68. The first-order chi connectivity index (χ1) is 11.1. The second-order valence-electron chi connectivity index (χ2n) is 5.76. The monoisotopic (exact) mass is 309 g/mol. The molecule has 5 nitrogen and oxygen atoms in total. The Morgan fingerprint density at radius 1 is 1.00 bits per heavy atom. The highest BCUT2D eigenvalue weighted by Gasteiger charge is 2.24. The summed E-state index contributed by atoms with van der Waals surface area (Å²) >= 11 is 0. The van der Waals surface area contributed by atoms with Gasteiger partial charge in [-0.15, -0.1) is 0 Å². The number of nitrogens with zero attached hydrogens (tertiary/aromatic N) is 1. The molecule has 5 heteroatoms. The number of rotatable bonds is 5. The van der Waals surface area contributed by atoms with E-state index in [9.17, 15) is 9.59 Å². The number of pyridine rings is 1. The molecule has 1 aliphatic carbocycles. The van der Waals surface area contributed by atoms with E-state index in [1.54, 1.807) is 18.2 Å². The fraction of sp³-hybridized carbons (Fsp3) is 0.278. The molecule has 1 atom stereocenters. The molecule has 0 bridgehead atoms. The molecular weight excluding hydrogens is 290 g/mol. The normalized spacial score (nSPS) is 14.8. The Kier molecular flexibility index (Phi) is 4.37. The summed E-state index contributed by atoms with van der Waals surface area (Å²) in [4.78, 5) is 28.5. The summed E-state index contributed by atoms with van der Waals surface area (Å²) < 4.78 is 0. The summed E-state index contributed by atoms with van der Waals surface area (Å²) in [5.41, 5.74) is 1.54. The number of amides is 2. The van der Waals surface area contributed by atoms with Crippen LogP contribution in [0.5, 0.6) is 0 Å². The van der Waals surface area contributed by atoms with E-state index in [2.05, 4.69) is 15.6 Å². The minimum absolute atomic E-state index is 0.130. The van der Waals surface area contributed by atoms with Crippen LogP contribution in [0.3, 0.4) is 0 Å². The van der Waals surface area contributed by atoms with Gasteiger partial charge in [0, 0.05) is 6.04 Å². The van der Waals surface area contributed by atoms with Crippen molar-refractivity contribution < 1.29 is 9.59 Å². The zero-order valence-electron chi connectivity index (χ0n) is 13.0. The van der Waals surface area contributed by atoms with Crippen LogP contribution >= 0.6 is 0 Å². The highest BCUT2D eigenvalue weighted by molar-refractivity contribution is 5.96. The Hall–Kier alpha value is -2.69. The number of nitrogens with one attached hydrogen (secondary N) is 2. The average molecular weight is 309 g/mol. The van der Waals surface area contributed by atoms with Crippen LogP contribution in [0.4, 0.5) is 0 Å². The van der Waals surface area contributed by atoms with Gasteiger partial charge in [-0.05, 0) is 37.5 Å². The summed E-state index contributed by atoms with van der Waals surface area (Å²) in [7, 11) is 0. The second kappa shape index (κ2) is 6.60. The first-order valence-electron chi connectivity index (χ1n) is 7.77. The van der Waals surface area contributed by atoms with Gasteiger partial charge in [0.25, 0.3) is 11.8 Å². The molecule has 1 aromatic heterocycles. The lowest BCUT2D eigenvalue weighted by Gasteiger charge is -2.14. The Labute approximate surface area is 135 Å². The van der Waals surface area contributed by atoms with E-state index in [4.69, 9.17) is 0 Å². The molecule has 0 aliphatic heterocycles. The highest BCUT2D eigenvalue weighted by atomic mass is 16.2. The van der Waals surface area contributed by atoms with Gasteiger partial charge in [0.1, 0.15) is 11.4 Å². The molecule has 0 radical (unpaired) electrons. The van der Waals surface area contributed by atoms with Crippen LogP contribution in [0, 0.1) is 0 Å². The summed E-state index contributed by atoms with van der Waals surface area (Å²) in [6.45, 7) is 1.91. The van der Waals surface area contributed by atoms with Crippen molar-refractivity contribution >= 4 is 11.8 Å². The van der Waals surface area contributed by atoms with Crippen LogP contribution in [-0.4, -0.2) is 22.8 Å². The molecule has 2 N–H and O–H groups in total. The maximum Gasteiger partial charge on any atom is 0.270 e. The SMILES string of the molecule is CC(NC(=O)c1cccc(C(=O)NC2CC2)n1)c1ccccc1. The van der Waals surface area contributed by atoms with Gasteiger partial charge < -0.3 is 10.6 Å². The molecule has 1 fully saturated rings. The molecule has 0 spiro atoms. The number of aromatic nitrogens is 1. The molecule has 3 rings (SSSR count). The number of benzene rings is 1. The first kappa shape index (κ1) is 15.2. The van der Waals surface area contributed by atoms with Crippen molar-refractivity contribution in [3.05, 3.63) is 65.5 Å². The van der Waals surface area contributed by atoms with Crippen molar-refractivity contribution in [2.24, 2.45) is 0 Å². The number of hydrogen-bond acceptors (Lipinski definition) is 3. The summed E-state index contributed by atoms with van der Waals surface area (Å²) in [6, 6.07) is 14.7. The minimum atomic E-state index is -0.289. The van der Waals surface area contributed by atoms with Gasteiger partial charge in [0.05, 0.1) is 6.04 Å². The van der Waals surface area contributed by atoms with Crippen molar-refractivity contribution in [1.82, 2.24) is 15.6 Å². The van der Waals surface area contributed by atoms with E-state index in [1.807, 2.05) is 37.3 Å². The summed E-state index contributed by atoms with van der Waals surface area (Å²) in [5, 5.41) is 5.77. The Morgan fingerprint density at radius 3 is 2.30 bits per heavy atom. The smallest absolute Gasteiger partial charge is 0.270 e. The van der Waals surface area contributed by atoms with Gasteiger partial charge >= 0.3 is 0 Å². The van der Waals surface area contributed by atoms with E-state index in [0.717, 1.165) is 18.4 Å². The molecule has 118 valence electrons. The first-order valence-corrected chi connectivity index (χ1v) is 7.77. The van der Waals surface area contributed by atoms with E-state index in [-0.39, 0.29) is 35.3 Å². The van der Waals surface area contributed by atoms with Crippen LogP contribution < -0.4 is 10.6 Å². The number of carbonyl (C=O) groups is 2. The van der Waals surface area contributed by atoms with Crippen LogP contribution in [0.2, 0.25) is 0 Å². The van der Waals surface area contributed by atoms with Crippen LogP contribution in [0.25, 0.3) is 0 Å². The van der Waals surface area contributed by atoms with Gasteiger partial charge in [-0.2, -0.15) is 0 Å². The molecule has 1 aliphatic rings. The summed E-state index contributed by atoms with van der Waals surface area (Å²) in [5.74, 6) is -0.513. The fourth-order valence-corrected chi connectivity index (χ4v) is 2.27. The van der Waals surface area contributed by atoms with Crippen molar-refractivity contribution in [2.45, 2.75) is 31.8 Å². The zero-order valence-corrected chi connectivity index (χ0v) is 13.0. The molecule has 1 unspecified atom stereocenters. The van der Waals surface area contributed by atoms with Crippen LogP contribution in [0.15, 0.2) is 48.5 Å². The van der Waals surface area contributed by atoms with Gasteiger partial charge in [-0.3, -0.25) is 9.59 Å². The lowest BCUT2D eigenvalue weighted by Crippen LogP contribution is -2.29. The fourth-order valence-electron chi connectivity index (χ4n) is 2.27. The average Bonchev–Trinajstić information content (AvgIpc) is 3.39. The van der Waals surface area contributed by atoms with Crippen molar-refractivity contribution in [3.8, 4) is 0 Å². The predicted molar refractivity (Wildman–Crippen MR) is 87.0 cm³/mol. The van der Waals surface area contributed by atoms with Crippen molar-refractivity contribution in [1.29, 1.82) is 0 Å². The van der Waals surface area contributed by atoms with E-state index >= 15 is 0 Å². The van der Waals surface area contributed by atoms with Crippen molar-refractivity contribution in [2.75, 3.05) is 0 Å². The molecule has 23 heavy (non-hydrogen) atoms. The number of carbonyl (C=O) groups excluding carboxylic acids is 2. The van der Waals surface area contributed by atoms with Gasteiger partial charge in [0.15, 0.2) is 0 Å². The third-order valence-corrected chi connectivity index (χ3v) is 3.77. The predicted octanol–water partition coefficient (Wildman–Crippen LogP) is 2.46. The number of hydrogen-bond donors (Lipinski definition) is 2. The minimum Gasteiger partial charge on any atom is -0.348 e. The van der Waals surface area contributed by atoms with Gasteiger partial charge in [0.2, 0.25) is 0 Å². The standard InChI is InChI=1S/C18H19N3O2/c1-12(13-6-3-2-4-7-13)19-17(22)15-8-5-9-16(21-15)18(23)20-14-10-11-14/h2-9,12,14H,10-11H2,1H3,(H,19,22)(H,20,23). The molecule has 0 saturated heterocycles. The molecule has 1 heterocycles. The van der Waals surface area contributed by atoms with Crippen LogP contribution in [-0.2, 0) is 0 Å². The molecule has 1 aromatic carbocycles. The Morgan fingerprint density at radius 2 is 1.65 bits per heavy atom. The molecule has 2 amide bonds. The topological polar surface area (TPSA) is 71.1 Å². The van der Waals surface area contributed by atoms with Crippen LogP contribution in [0.1, 0.15) is 52.3 Å². The maximum absolute atomic E-state index is 12.3. The van der Waals surface area contributed by atoms with E-state index in [0.29, 0.717) is 0 Å².